The second kappa shape index (κ2) is 8.51. The maximum Gasteiger partial charge on any atom is 0.252 e. The average Bonchev–Trinajstić information content (AvgIpc) is 3.19. The molecule has 2 unspecified atom stereocenters. The summed E-state index contributed by atoms with van der Waals surface area (Å²) in [6.45, 7) is 0. The van der Waals surface area contributed by atoms with Crippen molar-refractivity contribution in [2.24, 2.45) is 4.99 Å². The van der Waals surface area contributed by atoms with Gasteiger partial charge in [0.2, 0.25) is 0 Å². The van der Waals surface area contributed by atoms with E-state index in [9.17, 15) is 17.6 Å². The number of nitrogens with zero attached hydrogens (tertiary/aromatic N) is 2. The zero-order chi connectivity index (χ0) is 22.2. The number of carbonyl (C=O) groups is 1. The third kappa shape index (κ3) is 4.54. The predicted octanol–water partition coefficient (Wildman–Crippen LogP) is 2.69. The predicted molar refractivity (Wildman–Crippen MR) is 118 cm³/mol. The van der Waals surface area contributed by atoms with Gasteiger partial charge in [0.15, 0.2) is 15.0 Å². The third-order valence-corrected chi connectivity index (χ3v) is 8.41. The van der Waals surface area contributed by atoms with Crippen molar-refractivity contribution in [3.63, 3.8) is 0 Å². The van der Waals surface area contributed by atoms with E-state index in [2.05, 4.69) is 4.99 Å². The van der Waals surface area contributed by atoms with Crippen molar-refractivity contribution in [2.45, 2.75) is 17.7 Å². The van der Waals surface area contributed by atoms with Gasteiger partial charge in [0.25, 0.3) is 5.91 Å². The van der Waals surface area contributed by atoms with Crippen molar-refractivity contribution in [1.29, 1.82) is 0 Å². The molecule has 164 valence electrons. The number of ether oxygens (including phenoxy) is 2. The molecule has 2 aliphatic heterocycles. The van der Waals surface area contributed by atoms with Crippen LogP contribution < -0.4 is 14.4 Å². The number of amides is 1. The Morgan fingerprint density at radius 2 is 1.90 bits per heavy atom. The highest BCUT2D eigenvalue weighted by atomic mass is 32.2. The van der Waals surface area contributed by atoms with Crippen molar-refractivity contribution in [3.8, 4) is 11.5 Å². The van der Waals surface area contributed by atoms with Gasteiger partial charge < -0.3 is 14.4 Å². The molecule has 1 amide bonds. The lowest BCUT2D eigenvalue weighted by molar-refractivity contribution is -0.117. The summed E-state index contributed by atoms with van der Waals surface area (Å²) < 4.78 is 48.4. The number of sulfone groups is 1. The Morgan fingerprint density at radius 3 is 2.58 bits per heavy atom. The maximum absolute atomic E-state index is 13.1. The van der Waals surface area contributed by atoms with Gasteiger partial charge >= 0.3 is 0 Å². The minimum Gasteiger partial charge on any atom is -0.497 e. The van der Waals surface area contributed by atoms with E-state index in [1.807, 2.05) is 0 Å². The zero-order valence-electron chi connectivity index (χ0n) is 16.9. The first-order valence-electron chi connectivity index (χ1n) is 9.54. The molecule has 2 aromatic rings. The molecule has 2 heterocycles. The van der Waals surface area contributed by atoms with Gasteiger partial charge in [-0.25, -0.2) is 12.8 Å². The molecule has 7 nitrogen and oxygen atoms in total. The summed E-state index contributed by atoms with van der Waals surface area (Å²) >= 11 is 1.29. The summed E-state index contributed by atoms with van der Waals surface area (Å²) in [6.07, 6.45) is 0.0194. The highest BCUT2D eigenvalue weighted by molar-refractivity contribution is 8.16. The fourth-order valence-corrected chi connectivity index (χ4v) is 7.68. The number of aliphatic imine (C=N–C) groups is 1. The number of anilines is 1. The van der Waals surface area contributed by atoms with Crippen LogP contribution in [0.1, 0.15) is 5.56 Å². The van der Waals surface area contributed by atoms with Gasteiger partial charge in [0.1, 0.15) is 17.3 Å². The number of hydrogen-bond donors (Lipinski definition) is 0. The zero-order valence-corrected chi connectivity index (χ0v) is 18.6. The molecule has 2 aromatic carbocycles. The lowest BCUT2D eigenvalue weighted by Gasteiger charge is -2.26. The molecule has 0 radical (unpaired) electrons. The lowest BCUT2D eigenvalue weighted by atomic mass is 10.1. The summed E-state index contributed by atoms with van der Waals surface area (Å²) in [5.41, 5.74) is 1.27. The molecule has 0 bridgehead atoms. The number of methoxy groups -OCH3 is 2. The molecule has 0 aliphatic carbocycles. The molecule has 31 heavy (non-hydrogen) atoms. The Morgan fingerprint density at radius 1 is 1.16 bits per heavy atom. The monoisotopic (exact) mass is 464 g/mol. The smallest absolute Gasteiger partial charge is 0.252 e. The second-order valence-corrected chi connectivity index (χ2v) is 10.7. The fourth-order valence-electron chi connectivity index (χ4n) is 3.75. The van der Waals surface area contributed by atoms with Crippen molar-refractivity contribution in [2.75, 3.05) is 30.6 Å². The highest BCUT2D eigenvalue weighted by Gasteiger charge is 2.50. The van der Waals surface area contributed by atoms with Crippen molar-refractivity contribution < 1.29 is 27.1 Å². The maximum atomic E-state index is 13.1. The molecule has 2 aliphatic rings. The van der Waals surface area contributed by atoms with Crippen LogP contribution in [0.2, 0.25) is 0 Å². The number of halogens is 1. The largest absolute Gasteiger partial charge is 0.497 e. The number of rotatable bonds is 5. The van der Waals surface area contributed by atoms with Crippen LogP contribution in [0, 0.1) is 5.82 Å². The SMILES string of the molecule is COc1ccc(N2C(=NC(=O)Cc3ccc(F)cc3)SC3CS(=O)(=O)CC32)c(OC)c1. The third-order valence-electron chi connectivity index (χ3n) is 5.20. The van der Waals surface area contributed by atoms with Crippen LogP contribution in [0.25, 0.3) is 0 Å². The standard InChI is InChI=1S/C21H21FN2O5S2/c1-28-15-7-8-16(18(10-15)29-2)24-17-11-31(26,27)12-19(17)30-21(24)23-20(25)9-13-3-5-14(22)6-4-13/h3-8,10,17,19H,9,11-12H2,1-2H3. The number of amidine groups is 1. The van der Waals surface area contributed by atoms with Gasteiger partial charge in [-0.15, -0.1) is 0 Å². The Balaban J connectivity index is 1.69. The van der Waals surface area contributed by atoms with Gasteiger partial charge in [-0.3, -0.25) is 4.79 Å². The number of carbonyl (C=O) groups excluding carboxylic acids is 1. The van der Waals surface area contributed by atoms with Crippen LogP contribution in [0.4, 0.5) is 10.1 Å². The van der Waals surface area contributed by atoms with Gasteiger partial charge in [0.05, 0.1) is 43.9 Å². The Kier molecular flexibility index (Phi) is 5.94. The van der Waals surface area contributed by atoms with Gasteiger partial charge in [-0.05, 0) is 29.8 Å². The highest BCUT2D eigenvalue weighted by Crippen LogP contribution is 2.44. The Labute approximate surface area is 184 Å². The van der Waals surface area contributed by atoms with Crippen LogP contribution in [0.5, 0.6) is 11.5 Å². The van der Waals surface area contributed by atoms with E-state index in [4.69, 9.17) is 9.47 Å². The first-order valence-corrected chi connectivity index (χ1v) is 12.2. The number of benzene rings is 2. The summed E-state index contributed by atoms with van der Waals surface area (Å²) in [5.74, 6) is 0.320. The first kappa shape index (κ1) is 21.6. The molecule has 10 heteroatoms. The molecule has 0 saturated carbocycles. The van der Waals surface area contributed by atoms with Crippen LogP contribution >= 0.6 is 11.8 Å². The molecular formula is C21H21FN2O5S2. The van der Waals surface area contributed by atoms with E-state index < -0.39 is 15.7 Å². The summed E-state index contributed by atoms with van der Waals surface area (Å²) in [4.78, 5) is 18.7. The van der Waals surface area contributed by atoms with Crippen molar-refractivity contribution in [1.82, 2.24) is 0 Å². The van der Waals surface area contributed by atoms with Crippen LogP contribution in [0.3, 0.4) is 0 Å². The van der Waals surface area contributed by atoms with E-state index in [-0.39, 0.29) is 35.0 Å². The van der Waals surface area contributed by atoms with Crippen molar-refractivity contribution >= 4 is 38.4 Å². The molecule has 0 aromatic heterocycles. The summed E-state index contributed by atoms with van der Waals surface area (Å²) in [7, 11) is -0.130. The molecule has 2 atom stereocenters. The number of thioether (sulfide) groups is 1. The normalized spacial score (nSPS) is 23.1. The Bertz CT molecular complexity index is 1130. The molecule has 2 fully saturated rings. The van der Waals surface area contributed by atoms with E-state index in [1.165, 1.54) is 31.0 Å². The first-order chi connectivity index (χ1) is 14.8. The molecule has 0 spiro atoms. The van der Waals surface area contributed by atoms with E-state index >= 15 is 0 Å². The van der Waals surface area contributed by atoms with Crippen LogP contribution in [-0.4, -0.2) is 56.5 Å². The summed E-state index contributed by atoms with van der Waals surface area (Å²) in [5, 5.41) is 0.203. The molecule has 0 N–H and O–H groups in total. The number of hydrogen-bond acceptors (Lipinski definition) is 6. The van der Waals surface area contributed by atoms with Gasteiger partial charge in [0, 0.05) is 11.3 Å². The number of fused-ring (bicyclic) bond motifs is 1. The van der Waals surface area contributed by atoms with E-state index in [0.717, 1.165) is 0 Å². The van der Waals surface area contributed by atoms with Crippen molar-refractivity contribution in [3.05, 3.63) is 53.8 Å². The van der Waals surface area contributed by atoms with Crippen LogP contribution in [-0.2, 0) is 21.1 Å². The molecule has 2 saturated heterocycles. The van der Waals surface area contributed by atoms with Crippen LogP contribution in [0.15, 0.2) is 47.5 Å². The average molecular weight is 465 g/mol. The fraction of sp³-hybridized carbons (Fsp3) is 0.333. The van der Waals surface area contributed by atoms with Gasteiger partial charge in [-0.2, -0.15) is 4.99 Å². The molecular weight excluding hydrogens is 443 g/mol. The topological polar surface area (TPSA) is 85.3 Å². The van der Waals surface area contributed by atoms with E-state index in [0.29, 0.717) is 27.9 Å². The quantitative estimate of drug-likeness (QED) is 0.673. The minimum absolute atomic E-state index is 0.0194. The Hall–Kier alpha value is -2.59. The van der Waals surface area contributed by atoms with E-state index in [1.54, 1.807) is 42.3 Å². The van der Waals surface area contributed by atoms with Gasteiger partial charge in [-0.1, -0.05) is 23.9 Å². The lowest BCUT2D eigenvalue weighted by Crippen LogP contribution is -2.38. The molecule has 4 rings (SSSR count). The minimum atomic E-state index is -3.19. The summed E-state index contributed by atoms with van der Waals surface area (Å²) in [6, 6.07) is 10.5. The second-order valence-electron chi connectivity index (χ2n) is 7.30.